The number of benzene rings is 1. The molecule has 7 heteroatoms. The van der Waals surface area contributed by atoms with Crippen LogP contribution >= 0.6 is 0 Å². The highest BCUT2D eigenvalue weighted by atomic mass is 19.4. The summed E-state index contributed by atoms with van der Waals surface area (Å²) in [5.74, 6) is 0. The van der Waals surface area contributed by atoms with Crippen LogP contribution in [0.3, 0.4) is 0 Å². The number of rotatable bonds is 3. The summed E-state index contributed by atoms with van der Waals surface area (Å²) in [5, 5.41) is 17.2. The second kappa shape index (κ2) is 4.90. The van der Waals surface area contributed by atoms with E-state index in [0.717, 1.165) is 10.7 Å². The van der Waals surface area contributed by atoms with Gasteiger partial charge in [-0.1, -0.05) is 17.3 Å². The number of halogens is 3. The van der Waals surface area contributed by atoms with Crippen LogP contribution in [-0.4, -0.2) is 25.7 Å². The van der Waals surface area contributed by atoms with Gasteiger partial charge in [0.25, 0.3) is 0 Å². The molecule has 0 aliphatic carbocycles. The fourth-order valence-corrected chi connectivity index (χ4v) is 1.85. The first-order chi connectivity index (χ1) is 9.17. The van der Waals surface area contributed by atoms with Gasteiger partial charge in [0.15, 0.2) is 0 Å². The highest BCUT2D eigenvalue weighted by Gasteiger charge is 2.34. The maximum absolute atomic E-state index is 12.9. The van der Waals surface area contributed by atoms with Crippen LogP contribution in [0, 0.1) is 0 Å². The van der Waals surface area contributed by atoms with Crippen molar-refractivity contribution >= 4 is 0 Å². The standard InChI is InChI=1S/C13H14F3N3O/c1-12(2,20)7-9-8-19(18-17-9)11-6-4-3-5-10(11)13(14,15)16/h3-6,8,20H,7H2,1-2H3. The van der Waals surface area contributed by atoms with Crippen LogP contribution < -0.4 is 0 Å². The molecule has 1 aromatic carbocycles. The molecular formula is C13H14F3N3O. The lowest BCUT2D eigenvalue weighted by Crippen LogP contribution is -2.22. The minimum Gasteiger partial charge on any atom is -0.390 e. The molecule has 0 saturated heterocycles. The maximum Gasteiger partial charge on any atom is 0.418 e. The van der Waals surface area contributed by atoms with Crippen molar-refractivity contribution in [2.24, 2.45) is 0 Å². The third-order valence-corrected chi connectivity index (χ3v) is 2.61. The molecule has 2 aromatic rings. The topological polar surface area (TPSA) is 50.9 Å². The van der Waals surface area contributed by atoms with Crippen molar-refractivity contribution < 1.29 is 18.3 Å². The van der Waals surface area contributed by atoms with Crippen molar-refractivity contribution in [3.63, 3.8) is 0 Å². The van der Waals surface area contributed by atoms with Crippen LogP contribution in [0.5, 0.6) is 0 Å². The van der Waals surface area contributed by atoms with Crippen LogP contribution in [-0.2, 0) is 12.6 Å². The zero-order valence-corrected chi connectivity index (χ0v) is 11.0. The lowest BCUT2D eigenvalue weighted by Gasteiger charge is -2.14. The molecule has 108 valence electrons. The van der Waals surface area contributed by atoms with E-state index >= 15 is 0 Å². The molecular weight excluding hydrogens is 271 g/mol. The Kier molecular flexibility index (Phi) is 3.56. The summed E-state index contributed by atoms with van der Waals surface area (Å²) in [6, 6.07) is 5.14. The summed E-state index contributed by atoms with van der Waals surface area (Å²) in [5.41, 5.74) is -1.44. The van der Waals surface area contributed by atoms with Gasteiger partial charge >= 0.3 is 6.18 Å². The lowest BCUT2D eigenvalue weighted by molar-refractivity contribution is -0.137. The van der Waals surface area contributed by atoms with Gasteiger partial charge in [-0.2, -0.15) is 13.2 Å². The minimum atomic E-state index is -4.46. The van der Waals surface area contributed by atoms with Crippen LogP contribution in [0.15, 0.2) is 30.5 Å². The lowest BCUT2D eigenvalue weighted by atomic mass is 10.0. The summed E-state index contributed by atoms with van der Waals surface area (Å²) in [6.45, 7) is 3.19. The van der Waals surface area contributed by atoms with Crippen LogP contribution in [0.2, 0.25) is 0 Å². The van der Waals surface area contributed by atoms with Crippen molar-refractivity contribution in [3.8, 4) is 5.69 Å². The number of aromatic nitrogens is 3. The molecule has 1 N–H and O–H groups in total. The second-order valence-electron chi connectivity index (χ2n) is 5.16. The number of hydrogen-bond donors (Lipinski definition) is 1. The number of para-hydroxylation sites is 1. The van der Waals surface area contributed by atoms with Crippen LogP contribution in [0.1, 0.15) is 25.1 Å². The SMILES string of the molecule is CC(C)(O)Cc1cn(-c2ccccc2C(F)(F)F)nn1. The van der Waals surface area contributed by atoms with E-state index in [9.17, 15) is 18.3 Å². The summed E-state index contributed by atoms with van der Waals surface area (Å²) in [6.07, 6.45) is -2.86. The van der Waals surface area contributed by atoms with Crippen molar-refractivity contribution in [2.45, 2.75) is 32.0 Å². The number of hydrogen-bond acceptors (Lipinski definition) is 3. The van der Waals surface area contributed by atoms with E-state index in [-0.39, 0.29) is 12.1 Å². The van der Waals surface area contributed by atoms with E-state index in [1.165, 1.54) is 24.4 Å². The highest BCUT2D eigenvalue weighted by molar-refractivity contribution is 5.42. The molecule has 0 bridgehead atoms. The van der Waals surface area contributed by atoms with E-state index in [1.54, 1.807) is 13.8 Å². The first kappa shape index (κ1) is 14.5. The van der Waals surface area contributed by atoms with Crippen molar-refractivity contribution in [2.75, 3.05) is 0 Å². The molecule has 0 atom stereocenters. The molecule has 0 aliphatic rings. The number of aliphatic hydroxyl groups is 1. The first-order valence-electron chi connectivity index (χ1n) is 5.97. The number of nitrogens with zero attached hydrogens (tertiary/aromatic N) is 3. The van der Waals surface area contributed by atoms with Gasteiger partial charge in [-0.15, -0.1) is 5.10 Å². The largest absolute Gasteiger partial charge is 0.418 e. The van der Waals surface area contributed by atoms with E-state index in [4.69, 9.17) is 0 Å². The zero-order chi connectivity index (χ0) is 15.0. The summed E-state index contributed by atoms with van der Waals surface area (Å²) in [7, 11) is 0. The van der Waals surface area contributed by atoms with Gasteiger partial charge < -0.3 is 5.11 Å². The molecule has 2 rings (SSSR count). The Hall–Kier alpha value is -1.89. The Morgan fingerprint density at radius 3 is 2.45 bits per heavy atom. The molecule has 4 nitrogen and oxygen atoms in total. The van der Waals surface area contributed by atoms with Crippen LogP contribution in [0.25, 0.3) is 5.69 Å². The summed E-state index contributed by atoms with van der Waals surface area (Å²) >= 11 is 0. The molecule has 0 fully saturated rings. The average Bonchev–Trinajstić information content (AvgIpc) is 2.74. The molecule has 0 aliphatic heterocycles. The van der Waals surface area contributed by atoms with E-state index in [0.29, 0.717) is 5.69 Å². The van der Waals surface area contributed by atoms with E-state index < -0.39 is 17.3 Å². The van der Waals surface area contributed by atoms with Crippen LogP contribution in [0.4, 0.5) is 13.2 Å². The molecule has 1 heterocycles. The third kappa shape index (κ3) is 3.36. The Morgan fingerprint density at radius 1 is 1.20 bits per heavy atom. The Labute approximate surface area is 113 Å². The Balaban J connectivity index is 2.38. The Morgan fingerprint density at radius 2 is 1.85 bits per heavy atom. The van der Waals surface area contributed by atoms with Crippen molar-refractivity contribution in [1.82, 2.24) is 15.0 Å². The molecule has 0 radical (unpaired) electrons. The molecule has 0 amide bonds. The quantitative estimate of drug-likeness (QED) is 0.943. The maximum atomic E-state index is 12.9. The molecule has 20 heavy (non-hydrogen) atoms. The van der Waals surface area contributed by atoms with E-state index in [2.05, 4.69) is 10.3 Å². The summed E-state index contributed by atoms with van der Waals surface area (Å²) < 4.78 is 39.8. The third-order valence-electron chi connectivity index (χ3n) is 2.61. The van der Waals surface area contributed by atoms with Gasteiger partial charge in [0.05, 0.1) is 28.7 Å². The fourth-order valence-electron chi connectivity index (χ4n) is 1.85. The highest BCUT2D eigenvalue weighted by Crippen LogP contribution is 2.33. The van der Waals surface area contributed by atoms with E-state index in [1.807, 2.05) is 0 Å². The van der Waals surface area contributed by atoms with Gasteiger partial charge in [0.1, 0.15) is 0 Å². The molecule has 0 saturated carbocycles. The predicted octanol–water partition coefficient (Wildman–Crippen LogP) is 2.60. The first-order valence-corrected chi connectivity index (χ1v) is 5.97. The molecule has 1 aromatic heterocycles. The van der Waals surface area contributed by atoms with Gasteiger partial charge in [0.2, 0.25) is 0 Å². The monoisotopic (exact) mass is 285 g/mol. The van der Waals surface area contributed by atoms with Gasteiger partial charge in [-0.3, -0.25) is 0 Å². The second-order valence-corrected chi connectivity index (χ2v) is 5.16. The average molecular weight is 285 g/mol. The van der Waals surface area contributed by atoms with Gasteiger partial charge in [0, 0.05) is 6.42 Å². The minimum absolute atomic E-state index is 0.0884. The summed E-state index contributed by atoms with van der Waals surface area (Å²) in [4.78, 5) is 0. The van der Waals surface area contributed by atoms with Gasteiger partial charge in [-0.25, -0.2) is 4.68 Å². The molecule has 0 unspecified atom stereocenters. The van der Waals surface area contributed by atoms with Crippen molar-refractivity contribution in [1.29, 1.82) is 0 Å². The zero-order valence-electron chi connectivity index (χ0n) is 11.0. The number of alkyl halides is 3. The Bertz CT molecular complexity index is 599. The van der Waals surface area contributed by atoms with Gasteiger partial charge in [-0.05, 0) is 26.0 Å². The predicted molar refractivity (Wildman–Crippen MR) is 66.4 cm³/mol. The smallest absolute Gasteiger partial charge is 0.390 e. The van der Waals surface area contributed by atoms with Crippen molar-refractivity contribution in [3.05, 3.63) is 41.7 Å². The fraction of sp³-hybridized carbons (Fsp3) is 0.385. The molecule has 0 spiro atoms. The normalized spacial score (nSPS) is 12.7.